The summed E-state index contributed by atoms with van der Waals surface area (Å²) >= 11 is 0. The smallest absolute Gasteiger partial charge is 0.325 e. The average Bonchev–Trinajstić information content (AvgIpc) is 3.03. The Kier molecular flexibility index (Phi) is 5.46. The number of carbonyl (C=O) groups excluding carboxylic acids is 4. The first-order valence-corrected chi connectivity index (χ1v) is 8.42. The molecule has 2 N–H and O–H groups in total. The number of nitrogens with zero attached hydrogens (tertiary/aromatic N) is 2. The monoisotopic (exact) mass is 338 g/mol. The maximum absolute atomic E-state index is 12.5. The second kappa shape index (κ2) is 7.19. The van der Waals surface area contributed by atoms with E-state index in [9.17, 15) is 19.2 Å². The summed E-state index contributed by atoms with van der Waals surface area (Å²) in [5.41, 5.74) is -0.747. The molecular weight excluding hydrogens is 312 g/mol. The number of carbonyl (C=O) groups is 4. The van der Waals surface area contributed by atoms with Crippen LogP contribution < -0.4 is 10.6 Å². The minimum atomic E-state index is -0.747. The minimum absolute atomic E-state index is 0.00882. The van der Waals surface area contributed by atoms with Gasteiger partial charge < -0.3 is 15.5 Å². The van der Waals surface area contributed by atoms with Crippen LogP contribution >= 0.6 is 0 Å². The number of amides is 5. The van der Waals surface area contributed by atoms with Crippen molar-refractivity contribution in [1.82, 2.24) is 20.4 Å². The third-order valence-electron chi connectivity index (χ3n) is 4.51. The van der Waals surface area contributed by atoms with Crippen molar-refractivity contribution in [3.05, 3.63) is 0 Å². The number of hydrogen-bond donors (Lipinski definition) is 2. The maximum Gasteiger partial charge on any atom is 0.325 e. The first kappa shape index (κ1) is 18.2. The summed E-state index contributed by atoms with van der Waals surface area (Å²) in [6.07, 6.45) is 3.19. The number of urea groups is 1. The predicted octanol–water partition coefficient (Wildman–Crippen LogP) is 0.224. The minimum Gasteiger partial charge on any atom is -0.352 e. The van der Waals surface area contributed by atoms with Gasteiger partial charge in [0.1, 0.15) is 5.54 Å². The number of imide groups is 1. The molecule has 8 nitrogen and oxygen atoms in total. The van der Waals surface area contributed by atoms with Crippen LogP contribution in [0.2, 0.25) is 0 Å². The zero-order chi connectivity index (χ0) is 17.9. The molecule has 0 aromatic heterocycles. The number of hydrogen-bond acceptors (Lipinski definition) is 4. The van der Waals surface area contributed by atoms with Gasteiger partial charge in [-0.2, -0.15) is 0 Å². The van der Waals surface area contributed by atoms with Crippen LogP contribution in [-0.2, 0) is 14.4 Å². The number of likely N-dealkylation sites (N-methyl/N-ethyl adjacent to an activating group) is 1. The van der Waals surface area contributed by atoms with Crippen LogP contribution in [0.25, 0.3) is 0 Å². The predicted molar refractivity (Wildman–Crippen MR) is 87.0 cm³/mol. The van der Waals surface area contributed by atoms with Crippen molar-refractivity contribution in [3.63, 3.8) is 0 Å². The van der Waals surface area contributed by atoms with Gasteiger partial charge in [0.25, 0.3) is 5.91 Å². The van der Waals surface area contributed by atoms with Gasteiger partial charge in [0, 0.05) is 26.1 Å². The second-order valence-corrected chi connectivity index (χ2v) is 6.90. The first-order chi connectivity index (χ1) is 11.2. The van der Waals surface area contributed by atoms with Gasteiger partial charge in [-0.05, 0) is 26.7 Å². The second-order valence-electron chi connectivity index (χ2n) is 6.90. The van der Waals surface area contributed by atoms with E-state index in [1.165, 1.54) is 11.9 Å². The number of rotatable bonds is 6. The van der Waals surface area contributed by atoms with Crippen molar-refractivity contribution in [2.24, 2.45) is 0 Å². The van der Waals surface area contributed by atoms with E-state index in [0.717, 1.165) is 17.7 Å². The van der Waals surface area contributed by atoms with Crippen LogP contribution in [0.1, 0.15) is 46.0 Å². The topological polar surface area (TPSA) is 98.8 Å². The third kappa shape index (κ3) is 3.85. The molecule has 1 saturated heterocycles. The van der Waals surface area contributed by atoms with Crippen LogP contribution in [0, 0.1) is 0 Å². The molecule has 0 aromatic carbocycles. The fourth-order valence-electron chi connectivity index (χ4n) is 3.27. The quantitative estimate of drug-likeness (QED) is 0.677. The molecular formula is C16H26N4O4. The lowest BCUT2D eigenvalue weighted by atomic mass is 9.98. The van der Waals surface area contributed by atoms with Gasteiger partial charge in [-0.1, -0.05) is 12.8 Å². The van der Waals surface area contributed by atoms with Crippen molar-refractivity contribution in [3.8, 4) is 0 Å². The summed E-state index contributed by atoms with van der Waals surface area (Å²) in [7, 11) is 1.53. The summed E-state index contributed by atoms with van der Waals surface area (Å²) in [6, 6.07) is -0.413. The van der Waals surface area contributed by atoms with E-state index in [1.54, 1.807) is 0 Å². The van der Waals surface area contributed by atoms with Gasteiger partial charge in [0.15, 0.2) is 0 Å². The van der Waals surface area contributed by atoms with E-state index >= 15 is 0 Å². The summed E-state index contributed by atoms with van der Waals surface area (Å²) in [5.74, 6) is -0.736. The normalized spacial score (nSPS) is 19.1. The average molecular weight is 338 g/mol. The summed E-state index contributed by atoms with van der Waals surface area (Å²) in [5, 5.41) is 5.50. The SMILES string of the molecule is CC(C)NC(=O)CN(C)C(=O)CCN1C(=O)NC2(CCCC2)C1=O. The Hall–Kier alpha value is -2.12. The molecule has 1 spiro atoms. The van der Waals surface area contributed by atoms with Gasteiger partial charge >= 0.3 is 6.03 Å². The highest BCUT2D eigenvalue weighted by molar-refractivity contribution is 6.07. The van der Waals surface area contributed by atoms with Gasteiger partial charge in [-0.15, -0.1) is 0 Å². The standard InChI is InChI=1S/C16H26N4O4/c1-11(2)17-12(21)10-19(3)13(22)6-9-20-14(23)16(18-15(20)24)7-4-5-8-16/h11H,4-10H2,1-3H3,(H,17,21)(H,18,24). The highest BCUT2D eigenvalue weighted by Gasteiger charge is 2.52. The Morgan fingerprint density at radius 3 is 2.50 bits per heavy atom. The van der Waals surface area contributed by atoms with Crippen molar-refractivity contribution in [2.75, 3.05) is 20.1 Å². The Bertz CT molecular complexity index is 540. The number of nitrogens with one attached hydrogen (secondary N) is 2. The molecule has 1 aliphatic heterocycles. The van der Waals surface area contributed by atoms with E-state index in [2.05, 4.69) is 10.6 Å². The first-order valence-electron chi connectivity index (χ1n) is 8.42. The van der Waals surface area contributed by atoms with Gasteiger partial charge in [-0.3, -0.25) is 19.3 Å². The molecule has 2 aliphatic rings. The molecule has 5 amide bonds. The van der Waals surface area contributed by atoms with E-state index in [0.29, 0.717) is 12.8 Å². The molecule has 0 atom stereocenters. The fraction of sp³-hybridized carbons (Fsp3) is 0.750. The van der Waals surface area contributed by atoms with Crippen molar-refractivity contribution >= 4 is 23.8 Å². The molecule has 1 heterocycles. The van der Waals surface area contributed by atoms with E-state index in [4.69, 9.17) is 0 Å². The largest absolute Gasteiger partial charge is 0.352 e. The Labute approximate surface area is 141 Å². The zero-order valence-corrected chi connectivity index (χ0v) is 14.6. The Morgan fingerprint density at radius 1 is 1.29 bits per heavy atom. The molecule has 0 aromatic rings. The van der Waals surface area contributed by atoms with Crippen LogP contribution in [-0.4, -0.2) is 65.3 Å². The molecule has 134 valence electrons. The van der Waals surface area contributed by atoms with Crippen LogP contribution in [0.3, 0.4) is 0 Å². The van der Waals surface area contributed by atoms with Crippen molar-refractivity contribution in [1.29, 1.82) is 0 Å². The van der Waals surface area contributed by atoms with E-state index < -0.39 is 11.6 Å². The van der Waals surface area contributed by atoms with Crippen molar-refractivity contribution < 1.29 is 19.2 Å². The molecule has 0 bridgehead atoms. The molecule has 8 heteroatoms. The van der Waals surface area contributed by atoms with Gasteiger partial charge in [0.05, 0.1) is 6.54 Å². The van der Waals surface area contributed by atoms with Gasteiger partial charge in [-0.25, -0.2) is 4.79 Å². The maximum atomic E-state index is 12.5. The molecule has 2 fully saturated rings. The van der Waals surface area contributed by atoms with Crippen LogP contribution in [0.5, 0.6) is 0 Å². The summed E-state index contributed by atoms with van der Waals surface area (Å²) in [4.78, 5) is 50.7. The highest BCUT2D eigenvalue weighted by Crippen LogP contribution is 2.34. The van der Waals surface area contributed by atoms with Gasteiger partial charge in [0.2, 0.25) is 11.8 Å². The lowest BCUT2D eigenvalue weighted by molar-refractivity contribution is -0.136. The lowest BCUT2D eigenvalue weighted by Gasteiger charge is -2.21. The van der Waals surface area contributed by atoms with E-state index in [1.807, 2.05) is 13.8 Å². The summed E-state index contributed by atoms with van der Waals surface area (Å²) in [6.45, 7) is 3.69. The molecule has 24 heavy (non-hydrogen) atoms. The molecule has 0 radical (unpaired) electrons. The molecule has 1 aliphatic carbocycles. The lowest BCUT2D eigenvalue weighted by Crippen LogP contribution is -2.44. The van der Waals surface area contributed by atoms with Crippen LogP contribution in [0.15, 0.2) is 0 Å². The molecule has 1 saturated carbocycles. The van der Waals surface area contributed by atoms with E-state index in [-0.39, 0.29) is 43.3 Å². The molecule has 2 rings (SSSR count). The van der Waals surface area contributed by atoms with Crippen LogP contribution in [0.4, 0.5) is 4.79 Å². The Morgan fingerprint density at radius 2 is 1.92 bits per heavy atom. The highest BCUT2D eigenvalue weighted by atomic mass is 16.2. The fourth-order valence-corrected chi connectivity index (χ4v) is 3.27. The Balaban J connectivity index is 1.84. The molecule has 0 unspecified atom stereocenters. The van der Waals surface area contributed by atoms with Crippen molar-refractivity contribution in [2.45, 2.75) is 57.5 Å². The third-order valence-corrected chi connectivity index (χ3v) is 4.51. The zero-order valence-electron chi connectivity index (χ0n) is 14.6. The summed E-state index contributed by atoms with van der Waals surface area (Å²) < 4.78 is 0.